The maximum atomic E-state index is 13.1. The van der Waals surface area contributed by atoms with Crippen molar-refractivity contribution in [3.63, 3.8) is 0 Å². The minimum Gasteiger partial charge on any atom is -0.354 e. The minimum atomic E-state index is -0.601. The van der Waals surface area contributed by atoms with Gasteiger partial charge in [0.05, 0.1) is 6.04 Å². The first-order valence-electron chi connectivity index (χ1n) is 11.8. The lowest BCUT2D eigenvalue weighted by Crippen LogP contribution is -2.43. The first kappa shape index (κ1) is 23.7. The van der Waals surface area contributed by atoms with Crippen molar-refractivity contribution >= 4 is 16.5 Å². The molecule has 2 aromatic rings. The minimum absolute atomic E-state index is 0.404. The summed E-state index contributed by atoms with van der Waals surface area (Å²) in [6, 6.07) is 6.24. The fourth-order valence-corrected chi connectivity index (χ4v) is 4.91. The zero-order valence-electron chi connectivity index (χ0n) is 19.8. The number of nitrogens with one attached hydrogen (secondary N) is 1. The highest BCUT2D eigenvalue weighted by molar-refractivity contribution is 5.92. The summed E-state index contributed by atoms with van der Waals surface area (Å²) in [5.74, 6) is 0.851. The zero-order valence-corrected chi connectivity index (χ0v) is 19.8. The fraction of sp³-hybridized carbons (Fsp3) is 0.556. The van der Waals surface area contributed by atoms with Crippen LogP contribution in [-0.2, 0) is 0 Å². The number of likely N-dealkylation sites (tertiary alicyclic amines) is 1. The first-order valence-corrected chi connectivity index (χ1v) is 11.8. The number of hydrogen-bond acceptors (Lipinski definition) is 1. The van der Waals surface area contributed by atoms with Crippen LogP contribution in [0.15, 0.2) is 35.9 Å². The zero-order chi connectivity index (χ0) is 22.5. The van der Waals surface area contributed by atoms with Crippen LogP contribution in [0.1, 0.15) is 82.5 Å². The maximum absolute atomic E-state index is 13.1. The molecule has 31 heavy (non-hydrogen) atoms. The number of fused-ring (bicyclic) bond motifs is 1. The van der Waals surface area contributed by atoms with Crippen molar-refractivity contribution in [2.45, 2.75) is 71.8 Å². The standard InChI is InChI=1S/C27H38F2N2/c1-6-7-22(14-18(2)3)27-26(19(4)5)24-15-21(8-9-25(24)30-27)20-10-12-31(13-11-20)23(16-28)17-29/h7-9,14-15,19-20,23,30H,6,10-13,16-17H2,1-5H3/b22-7+. The molecule has 1 aromatic heterocycles. The van der Waals surface area contributed by atoms with Crippen LogP contribution < -0.4 is 0 Å². The number of benzene rings is 1. The number of nitrogens with zero attached hydrogens (tertiary/aromatic N) is 1. The summed E-state index contributed by atoms with van der Waals surface area (Å²) in [6.45, 7) is 11.3. The Hall–Kier alpha value is -1.94. The molecule has 0 aliphatic carbocycles. The number of allylic oxidation sites excluding steroid dienone is 4. The highest BCUT2D eigenvalue weighted by Crippen LogP contribution is 2.37. The third-order valence-corrected chi connectivity index (χ3v) is 6.47. The number of aromatic nitrogens is 1. The lowest BCUT2D eigenvalue weighted by atomic mass is 9.87. The molecule has 0 amide bonds. The SMILES string of the molecule is CC/C=C(\C=C(C)C)c1[nH]c2ccc(C3CCN(C(CF)CF)CC3)cc2c1C(C)C. The average molecular weight is 429 g/mol. The number of aromatic amines is 1. The van der Waals surface area contributed by atoms with Crippen LogP contribution in [0.2, 0.25) is 0 Å². The van der Waals surface area contributed by atoms with Gasteiger partial charge in [-0.25, -0.2) is 8.78 Å². The van der Waals surface area contributed by atoms with Crippen molar-refractivity contribution in [3.05, 3.63) is 52.7 Å². The normalized spacial score (nSPS) is 16.6. The number of H-pyrrole nitrogens is 1. The Morgan fingerprint density at radius 2 is 1.84 bits per heavy atom. The Morgan fingerprint density at radius 3 is 2.39 bits per heavy atom. The van der Waals surface area contributed by atoms with E-state index in [0.29, 0.717) is 11.8 Å². The molecule has 3 rings (SSSR count). The number of alkyl halides is 2. The molecule has 2 heterocycles. The Morgan fingerprint density at radius 1 is 1.16 bits per heavy atom. The first-order chi connectivity index (χ1) is 14.9. The molecule has 0 radical (unpaired) electrons. The van der Waals surface area contributed by atoms with E-state index in [2.05, 4.69) is 70.0 Å². The van der Waals surface area contributed by atoms with Crippen LogP contribution in [0, 0.1) is 0 Å². The third kappa shape index (κ3) is 5.28. The summed E-state index contributed by atoms with van der Waals surface area (Å²) in [7, 11) is 0. The van der Waals surface area contributed by atoms with Gasteiger partial charge in [-0.15, -0.1) is 0 Å². The highest BCUT2D eigenvalue weighted by atomic mass is 19.1. The summed E-state index contributed by atoms with van der Waals surface area (Å²) in [6.07, 6.45) is 7.47. The van der Waals surface area contributed by atoms with E-state index in [1.807, 2.05) is 4.90 Å². The average Bonchev–Trinajstić information content (AvgIpc) is 3.13. The molecule has 1 aromatic carbocycles. The van der Waals surface area contributed by atoms with E-state index in [4.69, 9.17) is 0 Å². The van der Waals surface area contributed by atoms with Crippen LogP contribution in [0.25, 0.3) is 16.5 Å². The Bertz CT molecular complexity index is 922. The molecule has 0 unspecified atom stereocenters. The van der Waals surface area contributed by atoms with Crippen LogP contribution in [0.4, 0.5) is 8.78 Å². The van der Waals surface area contributed by atoms with Crippen LogP contribution in [0.5, 0.6) is 0 Å². The molecule has 1 aliphatic rings. The fourth-order valence-electron chi connectivity index (χ4n) is 4.91. The second kappa shape index (κ2) is 10.6. The van der Waals surface area contributed by atoms with Gasteiger partial charge in [-0.1, -0.05) is 44.6 Å². The highest BCUT2D eigenvalue weighted by Gasteiger charge is 2.26. The van der Waals surface area contributed by atoms with Crippen molar-refractivity contribution in [3.8, 4) is 0 Å². The summed E-state index contributed by atoms with van der Waals surface area (Å²) in [4.78, 5) is 5.68. The monoisotopic (exact) mass is 428 g/mol. The van der Waals surface area contributed by atoms with Gasteiger partial charge in [0.1, 0.15) is 13.3 Å². The molecule has 4 heteroatoms. The van der Waals surface area contributed by atoms with Gasteiger partial charge in [0.15, 0.2) is 0 Å². The van der Waals surface area contributed by atoms with Crippen LogP contribution in [0.3, 0.4) is 0 Å². The maximum Gasteiger partial charge on any atom is 0.107 e. The quantitative estimate of drug-likeness (QED) is 0.430. The summed E-state index contributed by atoms with van der Waals surface area (Å²) in [5, 5.41) is 1.31. The van der Waals surface area contributed by atoms with E-state index in [0.717, 1.165) is 32.4 Å². The lowest BCUT2D eigenvalue weighted by Gasteiger charge is -2.35. The van der Waals surface area contributed by atoms with E-state index in [-0.39, 0.29) is 0 Å². The summed E-state index contributed by atoms with van der Waals surface area (Å²) >= 11 is 0. The van der Waals surface area contributed by atoms with Gasteiger partial charge >= 0.3 is 0 Å². The summed E-state index contributed by atoms with van der Waals surface area (Å²) in [5.41, 5.74) is 7.69. The smallest absolute Gasteiger partial charge is 0.107 e. The van der Waals surface area contributed by atoms with E-state index >= 15 is 0 Å². The molecule has 2 nitrogen and oxygen atoms in total. The van der Waals surface area contributed by atoms with E-state index in [1.165, 1.54) is 38.9 Å². The third-order valence-electron chi connectivity index (χ3n) is 6.47. The molecular weight excluding hydrogens is 390 g/mol. The molecular formula is C27H38F2N2. The Labute approximate surface area is 186 Å². The molecule has 1 saturated heterocycles. The van der Waals surface area contributed by atoms with Gasteiger partial charge in [-0.05, 0) is 86.9 Å². The van der Waals surface area contributed by atoms with Crippen LogP contribution in [-0.4, -0.2) is 42.4 Å². The second-order valence-corrected chi connectivity index (χ2v) is 9.44. The molecule has 0 spiro atoms. The van der Waals surface area contributed by atoms with Gasteiger partial charge in [0.25, 0.3) is 0 Å². The Kier molecular flexibility index (Phi) is 8.10. The van der Waals surface area contributed by atoms with E-state index in [9.17, 15) is 8.78 Å². The molecule has 170 valence electrons. The molecule has 1 fully saturated rings. The second-order valence-electron chi connectivity index (χ2n) is 9.44. The lowest BCUT2D eigenvalue weighted by molar-refractivity contribution is 0.109. The van der Waals surface area contributed by atoms with Crippen molar-refractivity contribution in [1.82, 2.24) is 9.88 Å². The van der Waals surface area contributed by atoms with Crippen molar-refractivity contribution < 1.29 is 8.78 Å². The molecule has 1 N–H and O–H groups in total. The molecule has 0 bridgehead atoms. The predicted octanol–water partition coefficient (Wildman–Crippen LogP) is 7.54. The van der Waals surface area contributed by atoms with Gasteiger partial charge in [0, 0.05) is 16.6 Å². The number of rotatable bonds is 8. The largest absolute Gasteiger partial charge is 0.354 e. The number of piperidine rings is 1. The molecule has 1 aliphatic heterocycles. The number of halogens is 2. The van der Waals surface area contributed by atoms with Crippen molar-refractivity contribution in [2.75, 3.05) is 26.4 Å². The van der Waals surface area contributed by atoms with Crippen molar-refractivity contribution in [2.24, 2.45) is 0 Å². The van der Waals surface area contributed by atoms with Gasteiger partial charge in [0.2, 0.25) is 0 Å². The van der Waals surface area contributed by atoms with Gasteiger partial charge < -0.3 is 4.98 Å². The number of hydrogen-bond donors (Lipinski definition) is 1. The van der Waals surface area contributed by atoms with Gasteiger partial charge in [-0.2, -0.15) is 0 Å². The van der Waals surface area contributed by atoms with Gasteiger partial charge in [-0.3, -0.25) is 4.90 Å². The summed E-state index contributed by atoms with van der Waals surface area (Å²) < 4.78 is 26.1. The molecule has 0 atom stereocenters. The topological polar surface area (TPSA) is 19.0 Å². The van der Waals surface area contributed by atoms with Crippen LogP contribution >= 0.6 is 0 Å². The predicted molar refractivity (Wildman–Crippen MR) is 129 cm³/mol. The van der Waals surface area contributed by atoms with Crippen molar-refractivity contribution in [1.29, 1.82) is 0 Å². The van der Waals surface area contributed by atoms with E-state index in [1.54, 1.807) is 0 Å². The Balaban J connectivity index is 1.95. The molecule has 0 saturated carbocycles. The van der Waals surface area contributed by atoms with E-state index < -0.39 is 19.4 Å².